The minimum absolute atomic E-state index is 0.281. The lowest BCUT2D eigenvalue weighted by Crippen LogP contribution is -2.43. The van der Waals surface area contributed by atoms with E-state index in [-0.39, 0.29) is 6.54 Å². The summed E-state index contributed by atoms with van der Waals surface area (Å²) in [6.45, 7) is 2.53. The van der Waals surface area contributed by atoms with Crippen molar-refractivity contribution in [3.05, 3.63) is 0 Å². The topological polar surface area (TPSA) is 280 Å². The van der Waals surface area contributed by atoms with Crippen LogP contribution in [0.4, 0.5) is 0 Å². The number of hydrogen-bond donors (Lipinski definition) is 8. The Bertz CT molecular complexity index is 511. The minimum atomic E-state index is -1.29. The van der Waals surface area contributed by atoms with Crippen molar-refractivity contribution in [2.45, 2.75) is 44.5 Å². The minimum Gasteiger partial charge on any atom is -0.481 e. The molecule has 0 radical (unpaired) electrons. The number of carbonyl (C=O) groups is 5. The van der Waals surface area contributed by atoms with Crippen molar-refractivity contribution in [2.24, 2.45) is 22.9 Å². The summed E-state index contributed by atoms with van der Waals surface area (Å²) >= 11 is 0. The quantitative estimate of drug-likeness (QED) is 0.185. The molecular weight excluding hydrogens is 372 g/mol. The zero-order valence-electron chi connectivity index (χ0n) is 14.8. The molecule has 4 atom stereocenters. The van der Waals surface area contributed by atoms with Crippen LogP contribution in [-0.2, 0) is 28.7 Å². The SMILES string of the molecule is C[C@@H](OC(=O)CN)[C@H](N)C(=O)O.C[C@H](N)C(=O)O.N[C@@H](CC(=O)O)C(=O)O. The standard InChI is InChI=1S/C6H12N2O4.C4H7NO4.C3H7NO2/c1-3(5(8)6(10)11)12-4(9)2-7;5-2(4(8)9)1-3(6)7;1-2(4)3(5)6/h3,5H,2,7-8H2,1H3,(H,10,11);2H,1,5H2,(H,6,7)(H,8,9);2H,4H2,1H3,(H,5,6)/t3-,5+;2*2-/m100/s1. The van der Waals surface area contributed by atoms with Crippen LogP contribution in [0.1, 0.15) is 20.3 Å². The lowest BCUT2D eigenvalue weighted by molar-refractivity contribution is -0.152. The van der Waals surface area contributed by atoms with E-state index >= 15 is 0 Å². The highest BCUT2D eigenvalue weighted by Gasteiger charge is 2.22. The van der Waals surface area contributed by atoms with E-state index in [0.717, 1.165) is 0 Å². The second-order valence-electron chi connectivity index (χ2n) is 4.93. The highest BCUT2D eigenvalue weighted by molar-refractivity contribution is 5.80. The maximum atomic E-state index is 10.6. The van der Waals surface area contributed by atoms with Crippen molar-refractivity contribution in [1.29, 1.82) is 0 Å². The van der Waals surface area contributed by atoms with E-state index in [9.17, 15) is 24.0 Å². The molecule has 0 aromatic heterocycles. The Hall–Kier alpha value is -2.81. The Balaban J connectivity index is -0.000000340. The van der Waals surface area contributed by atoms with Gasteiger partial charge in [-0.15, -0.1) is 0 Å². The lowest BCUT2D eigenvalue weighted by Gasteiger charge is -2.15. The van der Waals surface area contributed by atoms with Gasteiger partial charge in [0.15, 0.2) is 0 Å². The van der Waals surface area contributed by atoms with Crippen molar-refractivity contribution < 1.29 is 49.1 Å². The van der Waals surface area contributed by atoms with E-state index in [4.69, 9.17) is 43.4 Å². The van der Waals surface area contributed by atoms with Gasteiger partial charge >= 0.3 is 29.8 Å². The number of nitrogens with two attached hydrogens (primary N) is 4. The number of hydrogen-bond acceptors (Lipinski definition) is 10. The number of carboxylic acids is 4. The summed E-state index contributed by atoms with van der Waals surface area (Å²) in [7, 11) is 0. The lowest BCUT2D eigenvalue weighted by atomic mass is 10.2. The number of carboxylic acid groups (broad SMARTS) is 4. The molecular formula is C13H26N4O10. The highest BCUT2D eigenvalue weighted by atomic mass is 16.5. The van der Waals surface area contributed by atoms with Gasteiger partial charge in [-0.1, -0.05) is 0 Å². The van der Waals surface area contributed by atoms with Crippen LogP contribution in [0.3, 0.4) is 0 Å². The second kappa shape index (κ2) is 15.4. The van der Waals surface area contributed by atoms with Crippen LogP contribution in [0.2, 0.25) is 0 Å². The van der Waals surface area contributed by atoms with Gasteiger partial charge in [-0.3, -0.25) is 24.0 Å². The van der Waals surface area contributed by atoms with Crippen molar-refractivity contribution in [2.75, 3.05) is 6.54 Å². The third-order valence-corrected chi connectivity index (χ3v) is 2.38. The van der Waals surface area contributed by atoms with E-state index in [0.29, 0.717) is 0 Å². The number of aliphatic carboxylic acids is 4. The Kier molecular flexibility index (Phi) is 16.6. The van der Waals surface area contributed by atoms with Crippen molar-refractivity contribution in [1.82, 2.24) is 0 Å². The van der Waals surface area contributed by atoms with Gasteiger partial charge in [-0.25, -0.2) is 0 Å². The molecule has 0 amide bonds. The van der Waals surface area contributed by atoms with Gasteiger partial charge in [0.2, 0.25) is 0 Å². The van der Waals surface area contributed by atoms with Crippen LogP contribution in [0.25, 0.3) is 0 Å². The fraction of sp³-hybridized carbons (Fsp3) is 0.615. The molecule has 158 valence electrons. The highest BCUT2D eigenvalue weighted by Crippen LogP contribution is 1.96. The summed E-state index contributed by atoms with van der Waals surface area (Å²) in [6.07, 6.45) is -1.39. The molecule has 0 bridgehead atoms. The summed E-state index contributed by atoms with van der Waals surface area (Å²) in [6, 6.07) is -3.23. The molecule has 14 heteroatoms. The number of rotatable bonds is 8. The molecule has 14 nitrogen and oxygen atoms in total. The first-order valence-electron chi connectivity index (χ1n) is 7.23. The zero-order chi connectivity index (χ0) is 22.3. The van der Waals surface area contributed by atoms with Crippen LogP contribution < -0.4 is 22.9 Å². The van der Waals surface area contributed by atoms with Gasteiger partial charge in [0.1, 0.15) is 24.2 Å². The number of carbonyl (C=O) groups excluding carboxylic acids is 1. The van der Waals surface area contributed by atoms with Crippen LogP contribution in [0, 0.1) is 0 Å². The smallest absolute Gasteiger partial charge is 0.324 e. The Morgan fingerprint density at radius 1 is 0.852 bits per heavy atom. The average molecular weight is 398 g/mol. The fourth-order valence-electron chi connectivity index (χ4n) is 0.805. The van der Waals surface area contributed by atoms with Crippen LogP contribution in [0.5, 0.6) is 0 Å². The number of ether oxygens (including phenoxy) is 1. The van der Waals surface area contributed by atoms with Gasteiger partial charge in [0.25, 0.3) is 0 Å². The van der Waals surface area contributed by atoms with Crippen LogP contribution in [0.15, 0.2) is 0 Å². The summed E-state index contributed by atoms with van der Waals surface area (Å²) in [4.78, 5) is 50.0. The number of esters is 1. The molecule has 0 aromatic rings. The average Bonchev–Trinajstić information content (AvgIpc) is 2.53. The Morgan fingerprint density at radius 3 is 1.44 bits per heavy atom. The van der Waals surface area contributed by atoms with E-state index in [1.54, 1.807) is 0 Å². The van der Waals surface area contributed by atoms with Crippen molar-refractivity contribution in [3.63, 3.8) is 0 Å². The second-order valence-corrected chi connectivity index (χ2v) is 4.93. The molecule has 0 rings (SSSR count). The predicted molar refractivity (Wildman–Crippen MR) is 89.4 cm³/mol. The van der Waals surface area contributed by atoms with Gasteiger partial charge in [0.05, 0.1) is 13.0 Å². The first-order chi connectivity index (χ1) is 12.2. The molecule has 0 spiro atoms. The molecule has 0 aliphatic carbocycles. The first-order valence-corrected chi connectivity index (χ1v) is 7.23. The van der Waals surface area contributed by atoms with Crippen LogP contribution >= 0.6 is 0 Å². The van der Waals surface area contributed by atoms with Gasteiger partial charge in [-0.2, -0.15) is 0 Å². The van der Waals surface area contributed by atoms with Crippen LogP contribution in [-0.4, -0.2) is 81.0 Å². The van der Waals surface area contributed by atoms with Gasteiger partial charge in [0, 0.05) is 0 Å². The predicted octanol–water partition coefficient (Wildman–Crippen LogP) is -3.42. The maximum absolute atomic E-state index is 10.6. The molecule has 0 unspecified atom stereocenters. The Labute approximate surface area is 154 Å². The molecule has 0 saturated heterocycles. The summed E-state index contributed by atoms with van der Waals surface area (Å²) in [5.41, 5.74) is 19.8. The molecule has 0 aliphatic rings. The molecule has 0 aliphatic heterocycles. The summed E-state index contributed by atoms with van der Waals surface area (Å²) in [5.74, 6) is -5.34. The molecule has 0 aromatic carbocycles. The monoisotopic (exact) mass is 398 g/mol. The largest absolute Gasteiger partial charge is 0.481 e. The van der Waals surface area contributed by atoms with Crippen molar-refractivity contribution >= 4 is 29.8 Å². The van der Waals surface area contributed by atoms with Crippen molar-refractivity contribution in [3.8, 4) is 0 Å². The molecule has 27 heavy (non-hydrogen) atoms. The molecule has 0 fully saturated rings. The third-order valence-electron chi connectivity index (χ3n) is 2.38. The summed E-state index contributed by atoms with van der Waals surface area (Å²) in [5, 5.41) is 32.3. The van der Waals surface area contributed by atoms with Gasteiger partial charge in [-0.05, 0) is 13.8 Å². The molecule has 0 heterocycles. The molecule has 0 saturated carbocycles. The van der Waals surface area contributed by atoms with E-state index in [1.165, 1.54) is 13.8 Å². The Morgan fingerprint density at radius 2 is 1.26 bits per heavy atom. The van der Waals surface area contributed by atoms with E-state index < -0.39 is 60.5 Å². The van der Waals surface area contributed by atoms with E-state index in [1.807, 2.05) is 0 Å². The summed E-state index contributed by atoms with van der Waals surface area (Å²) < 4.78 is 4.55. The fourth-order valence-corrected chi connectivity index (χ4v) is 0.805. The normalized spacial score (nSPS) is 13.9. The van der Waals surface area contributed by atoms with E-state index in [2.05, 4.69) is 4.74 Å². The zero-order valence-corrected chi connectivity index (χ0v) is 14.8. The molecule has 12 N–H and O–H groups in total. The third kappa shape index (κ3) is 19.4. The maximum Gasteiger partial charge on any atom is 0.324 e. The first kappa shape index (κ1) is 29.0. The van der Waals surface area contributed by atoms with Gasteiger partial charge < -0.3 is 48.1 Å².